The molecule has 0 bridgehead atoms. The number of β-amino-alcohol motifs (C(OH)–C–C–N with tert-alkyl or cyclic N) is 1. The fourth-order valence-electron chi connectivity index (χ4n) is 2.97. The molecule has 148 valence electrons. The second-order valence-corrected chi connectivity index (χ2v) is 8.75. The van der Waals surface area contributed by atoms with E-state index in [-0.39, 0.29) is 35.8 Å². The first-order valence-electron chi connectivity index (χ1n) is 8.40. The van der Waals surface area contributed by atoms with Gasteiger partial charge in [0.1, 0.15) is 29.3 Å². The van der Waals surface area contributed by atoms with Crippen LogP contribution in [0.3, 0.4) is 0 Å². The summed E-state index contributed by atoms with van der Waals surface area (Å²) >= 11 is 5.76. The normalized spacial score (nSPS) is 22.8. The first kappa shape index (κ1) is 20.5. The Morgan fingerprint density at radius 1 is 1.46 bits per heavy atom. The Bertz CT molecular complexity index is 1030. The first-order valence-corrected chi connectivity index (χ1v) is 10.2. The van der Waals surface area contributed by atoms with E-state index >= 15 is 0 Å². The molecule has 2 aromatic rings. The van der Waals surface area contributed by atoms with Crippen LogP contribution < -0.4 is 4.74 Å². The van der Waals surface area contributed by atoms with E-state index in [1.807, 2.05) is 0 Å². The summed E-state index contributed by atoms with van der Waals surface area (Å²) in [5, 5.41) is 19.8. The van der Waals surface area contributed by atoms with E-state index in [4.69, 9.17) is 21.6 Å². The number of sulfonamides is 1. The Morgan fingerprint density at radius 3 is 2.79 bits per heavy atom. The van der Waals surface area contributed by atoms with Crippen molar-refractivity contribution in [2.75, 3.05) is 13.1 Å². The van der Waals surface area contributed by atoms with Crippen LogP contribution in [0, 0.1) is 17.1 Å². The lowest BCUT2D eigenvalue weighted by Gasteiger charge is -2.28. The summed E-state index contributed by atoms with van der Waals surface area (Å²) in [5.74, 6) is -0.662. The smallest absolute Gasteiger partial charge is 0.260 e. The van der Waals surface area contributed by atoms with Crippen molar-refractivity contribution in [3.05, 3.63) is 52.9 Å². The fraction of sp³-hybridized carbons (Fsp3) is 0.333. The van der Waals surface area contributed by atoms with Crippen molar-refractivity contribution in [1.29, 1.82) is 5.26 Å². The number of halogens is 2. The van der Waals surface area contributed by atoms with Crippen LogP contribution in [0.4, 0.5) is 4.39 Å². The molecule has 0 aliphatic carbocycles. The second-order valence-electron chi connectivity index (χ2n) is 6.43. The molecule has 0 radical (unpaired) electrons. The van der Waals surface area contributed by atoms with Gasteiger partial charge in [0.2, 0.25) is 0 Å². The Balaban J connectivity index is 1.86. The number of hydrogen-bond acceptors (Lipinski definition) is 6. The van der Waals surface area contributed by atoms with Crippen molar-refractivity contribution in [1.82, 2.24) is 9.29 Å². The van der Waals surface area contributed by atoms with Crippen molar-refractivity contribution < 1.29 is 22.7 Å². The molecule has 0 amide bonds. The van der Waals surface area contributed by atoms with E-state index in [9.17, 15) is 17.9 Å². The van der Waals surface area contributed by atoms with Crippen molar-refractivity contribution in [2.24, 2.45) is 0 Å². The summed E-state index contributed by atoms with van der Waals surface area (Å²) in [6.45, 7) is 1.37. The monoisotopic (exact) mass is 425 g/mol. The number of hydrogen-bond donors (Lipinski definition) is 1. The molecule has 1 aliphatic rings. The molecule has 1 N–H and O–H groups in total. The number of aromatic nitrogens is 1. The van der Waals surface area contributed by atoms with Gasteiger partial charge in [-0.15, -0.1) is 0 Å². The highest BCUT2D eigenvalue weighted by atomic mass is 35.5. The number of nitrogens with zero attached hydrogens (tertiary/aromatic N) is 3. The van der Waals surface area contributed by atoms with E-state index < -0.39 is 27.5 Å². The maximum Gasteiger partial charge on any atom is 0.260 e. The van der Waals surface area contributed by atoms with Crippen molar-refractivity contribution in [3.63, 3.8) is 0 Å². The number of rotatable bonds is 5. The van der Waals surface area contributed by atoms with Gasteiger partial charge in [0.05, 0.1) is 17.1 Å². The van der Waals surface area contributed by atoms with Gasteiger partial charge in [-0.3, -0.25) is 0 Å². The van der Waals surface area contributed by atoms with Gasteiger partial charge in [-0.25, -0.2) is 17.8 Å². The Hall–Kier alpha value is -2.25. The van der Waals surface area contributed by atoms with Crippen LogP contribution in [0.25, 0.3) is 0 Å². The molecule has 0 saturated carbocycles. The van der Waals surface area contributed by atoms with E-state index in [1.54, 1.807) is 13.0 Å². The highest BCUT2D eigenvalue weighted by molar-refractivity contribution is 7.89. The largest absolute Gasteiger partial charge is 0.486 e. The molecule has 1 saturated heterocycles. The fourth-order valence-corrected chi connectivity index (χ4v) is 4.49. The van der Waals surface area contributed by atoms with Crippen molar-refractivity contribution in [2.45, 2.75) is 30.1 Å². The predicted octanol–water partition coefficient (Wildman–Crippen LogP) is 2.34. The lowest BCUT2D eigenvalue weighted by molar-refractivity contribution is -0.0302. The Morgan fingerprint density at radius 2 is 2.21 bits per heavy atom. The third kappa shape index (κ3) is 3.82. The molecule has 2 heterocycles. The van der Waals surface area contributed by atoms with E-state index in [2.05, 4.69) is 4.98 Å². The zero-order chi connectivity index (χ0) is 20.5. The van der Waals surface area contributed by atoms with Crippen LogP contribution in [-0.2, 0) is 10.0 Å². The third-order valence-corrected chi connectivity index (χ3v) is 6.63. The van der Waals surface area contributed by atoms with E-state index in [1.165, 1.54) is 30.5 Å². The molecule has 7 nitrogen and oxygen atoms in total. The van der Waals surface area contributed by atoms with Crippen LogP contribution in [0.15, 0.2) is 41.6 Å². The van der Waals surface area contributed by atoms with Crippen LogP contribution in [0.1, 0.15) is 18.9 Å². The number of pyridine rings is 1. The SMILES string of the molecule is CC[C@@]1(O)CN(S(=O)(=O)c2ccc(Cl)cn2)C[C@@H]1Oc1ccc(C#N)c(F)c1. The van der Waals surface area contributed by atoms with Crippen molar-refractivity contribution >= 4 is 21.6 Å². The summed E-state index contributed by atoms with van der Waals surface area (Å²) in [6, 6.07) is 8.10. The van der Waals surface area contributed by atoms with Gasteiger partial charge >= 0.3 is 0 Å². The number of ether oxygens (including phenoxy) is 1. The minimum absolute atomic E-state index is 0.0947. The minimum Gasteiger partial charge on any atom is -0.486 e. The van der Waals surface area contributed by atoms with Gasteiger partial charge in [0.25, 0.3) is 10.0 Å². The summed E-state index contributed by atoms with van der Waals surface area (Å²) in [6.07, 6.45) is 0.521. The molecule has 0 spiro atoms. The molecule has 2 atom stereocenters. The topological polar surface area (TPSA) is 104 Å². The summed E-state index contributed by atoms with van der Waals surface area (Å²) in [5.41, 5.74) is -1.60. The molecule has 1 aromatic carbocycles. The maximum atomic E-state index is 13.8. The molecule has 1 aromatic heterocycles. The standard InChI is InChI=1S/C18H17ClFN3O4S/c1-2-18(24)11-23(28(25,26)17-6-4-13(19)9-22-17)10-16(18)27-14-5-3-12(8-21)15(20)7-14/h3-7,9,16,24H,2,10-11H2,1H3/t16-,18+/m0/s1. The molecule has 0 unspecified atom stereocenters. The lowest BCUT2D eigenvalue weighted by Crippen LogP contribution is -2.44. The summed E-state index contributed by atoms with van der Waals surface area (Å²) in [4.78, 5) is 3.84. The van der Waals surface area contributed by atoms with Crippen LogP contribution in [0.5, 0.6) is 5.75 Å². The number of nitriles is 1. The second kappa shape index (κ2) is 7.64. The van der Waals surface area contributed by atoms with Gasteiger partial charge in [0.15, 0.2) is 5.03 Å². The van der Waals surface area contributed by atoms with Crippen LogP contribution in [-0.4, -0.2) is 47.6 Å². The lowest BCUT2D eigenvalue weighted by atomic mass is 9.97. The average Bonchev–Trinajstić information content (AvgIpc) is 3.00. The van der Waals surface area contributed by atoms with Crippen molar-refractivity contribution in [3.8, 4) is 11.8 Å². The summed E-state index contributed by atoms with van der Waals surface area (Å²) in [7, 11) is -3.97. The molecular formula is C18H17ClFN3O4S. The minimum atomic E-state index is -3.97. The molecule has 10 heteroatoms. The van der Waals surface area contributed by atoms with Crippen LogP contribution >= 0.6 is 11.6 Å². The summed E-state index contributed by atoms with van der Waals surface area (Å²) < 4.78 is 46.3. The van der Waals surface area contributed by atoms with Crippen LogP contribution in [0.2, 0.25) is 5.02 Å². The number of aliphatic hydroxyl groups is 1. The zero-order valence-corrected chi connectivity index (χ0v) is 16.4. The highest BCUT2D eigenvalue weighted by Crippen LogP contribution is 2.33. The quantitative estimate of drug-likeness (QED) is 0.788. The molecule has 1 fully saturated rings. The highest BCUT2D eigenvalue weighted by Gasteiger charge is 2.50. The van der Waals surface area contributed by atoms with E-state index in [0.717, 1.165) is 10.4 Å². The average molecular weight is 426 g/mol. The van der Waals surface area contributed by atoms with Gasteiger partial charge in [-0.2, -0.15) is 9.57 Å². The maximum absolute atomic E-state index is 13.8. The molecule has 1 aliphatic heterocycles. The Labute approximate surface area is 167 Å². The zero-order valence-electron chi connectivity index (χ0n) is 14.8. The van der Waals surface area contributed by atoms with Gasteiger partial charge in [-0.05, 0) is 30.7 Å². The first-order chi connectivity index (χ1) is 13.2. The van der Waals surface area contributed by atoms with Gasteiger partial charge in [-0.1, -0.05) is 18.5 Å². The Kier molecular flexibility index (Phi) is 5.59. The third-order valence-electron chi connectivity index (χ3n) is 4.67. The molecular weight excluding hydrogens is 409 g/mol. The van der Waals surface area contributed by atoms with Gasteiger partial charge in [0, 0.05) is 18.8 Å². The molecule has 28 heavy (non-hydrogen) atoms. The van der Waals surface area contributed by atoms with E-state index in [0.29, 0.717) is 5.02 Å². The molecule has 3 rings (SSSR count). The predicted molar refractivity (Wildman–Crippen MR) is 98.8 cm³/mol. The number of benzene rings is 1. The van der Waals surface area contributed by atoms with Gasteiger partial charge < -0.3 is 9.84 Å².